The molecule has 2 aliphatic rings. The smallest absolute Gasteiger partial charge is 0.225 e. The maximum absolute atomic E-state index is 6.59. The second-order valence-corrected chi connectivity index (χ2v) is 7.46. The molecule has 2 fully saturated rings. The van der Waals surface area contributed by atoms with E-state index in [9.17, 15) is 0 Å². The van der Waals surface area contributed by atoms with Crippen LogP contribution in [0.3, 0.4) is 0 Å². The van der Waals surface area contributed by atoms with Gasteiger partial charge in [0.15, 0.2) is 0 Å². The average molecular weight is 358 g/mol. The largest absolute Gasteiger partial charge is 0.339 e. The molecule has 3 heterocycles. The molecule has 2 aliphatic heterocycles. The molecule has 1 atom stereocenters. The number of nitrogens with zero attached hydrogens (tertiary/aromatic N) is 3. The van der Waals surface area contributed by atoms with Crippen LogP contribution >= 0.6 is 11.6 Å². The second-order valence-electron chi connectivity index (χ2n) is 7.05. The van der Waals surface area contributed by atoms with E-state index in [1.165, 1.54) is 5.56 Å². The summed E-state index contributed by atoms with van der Waals surface area (Å²) in [6.07, 6.45) is 4.83. The van der Waals surface area contributed by atoms with Crippen LogP contribution in [0.5, 0.6) is 0 Å². The van der Waals surface area contributed by atoms with Crippen LogP contribution in [0.1, 0.15) is 30.5 Å². The molecular formula is C19H24ClN5. The van der Waals surface area contributed by atoms with Crippen molar-refractivity contribution in [2.24, 2.45) is 5.73 Å². The number of hydrogen-bond acceptors (Lipinski definition) is 5. The van der Waals surface area contributed by atoms with E-state index < -0.39 is 0 Å². The SMILES string of the molecule is NC1CCN(c2nccc(C3(c4ccccc4Cl)CCNCC3)n2)C1. The molecule has 1 aromatic heterocycles. The highest BCUT2D eigenvalue weighted by Gasteiger charge is 2.39. The molecule has 4 rings (SSSR count). The maximum Gasteiger partial charge on any atom is 0.225 e. The minimum atomic E-state index is -0.164. The Morgan fingerprint density at radius 3 is 2.72 bits per heavy atom. The predicted octanol–water partition coefficient (Wildman–Crippen LogP) is 2.34. The highest BCUT2D eigenvalue weighted by molar-refractivity contribution is 6.31. The third kappa shape index (κ3) is 3.12. The van der Waals surface area contributed by atoms with Crippen LogP contribution in [-0.2, 0) is 5.41 Å². The number of hydrogen-bond donors (Lipinski definition) is 2. The summed E-state index contributed by atoms with van der Waals surface area (Å²) in [5.41, 5.74) is 8.12. The molecule has 2 saturated heterocycles. The standard InChI is InChI=1S/C19H24ClN5/c20-16-4-2-1-3-15(16)19(7-10-22-11-8-19)17-5-9-23-18(24-17)25-12-6-14(21)13-25/h1-5,9,14,22H,6-8,10-13,21H2. The van der Waals surface area contributed by atoms with Gasteiger partial charge in [0.05, 0.1) is 5.69 Å². The van der Waals surface area contributed by atoms with Crippen LogP contribution < -0.4 is 16.0 Å². The summed E-state index contributed by atoms with van der Waals surface area (Å²) >= 11 is 6.59. The lowest BCUT2D eigenvalue weighted by molar-refractivity contribution is 0.354. The summed E-state index contributed by atoms with van der Waals surface area (Å²) in [7, 11) is 0. The molecule has 0 aliphatic carbocycles. The van der Waals surface area contributed by atoms with Crippen molar-refractivity contribution < 1.29 is 0 Å². The van der Waals surface area contributed by atoms with Gasteiger partial charge in [0.2, 0.25) is 5.95 Å². The summed E-state index contributed by atoms with van der Waals surface area (Å²) in [5.74, 6) is 0.787. The third-order valence-corrected chi connectivity index (χ3v) is 5.82. The van der Waals surface area contributed by atoms with Gasteiger partial charge in [-0.3, -0.25) is 0 Å². The van der Waals surface area contributed by atoms with E-state index in [1.807, 2.05) is 24.4 Å². The molecule has 0 spiro atoms. The first-order valence-corrected chi connectivity index (χ1v) is 9.37. The molecule has 1 aromatic carbocycles. The highest BCUT2D eigenvalue weighted by atomic mass is 35.5. The summed E-state index contributed by atoms with van der Waals surface area (Å²) in [4.78, 5) is 11.7. The summed E-state index contributed by atoms with van der Waals surface area (Å²) in [5, 5.41) is 4.27. The lowest BCUT2D eigenvalue weighted by Gasteiger charge is -2.38. The molecule has 6 heteroatoms. The minimum absolute atomic E-state index is 0.164. The van der Waals surface area contributed by atoms with E-state index in [2.05, 4.69) is 27.3 Å². The molecular weight excluding hydrogens is 334 g/mol. The van der Waals surface area contributed by atoms with Crippen LogP contribution in [0.15, 0.2) is 36.5 Å². The topological polar surface area (TPSA) is 67.1 Å². The lowest BCUT2D eigenvalue weighted by Crippen LogP contribution is -2.42. The monoisotopic (exact) mass is 357 g/mol. The van der Waals surface area contributed by atoms with Gasteiger partial charge in [-0.05, 0) is 50.0 Å². The van der Waals surface area contributed by atoms with Crippen molar-refractivity contribution in [1.82, 2.24) is 15.3 Å². The Bertz CT molecular complexity index is 744. The average Bonchev–Trinajstić information content (AvgIpc) is 3.09. The molecule has 0 bridgehead atoms. The molecule has 0 amide bonds. The number of halogens is 1. The van der Waals surface area contributed by atoms with Crippen LogP contribution in [0.2, 0.25) is 5.02 Å². The van der Waals surface area contributed by atoms with Crippen molar-refractivity contribution >= 4 is 17.5 Å². The fraction of sp³-hybridized carbons (Fsp3) is 0.474. The van der Waals surface area contributed by atoms with E-state index in [0.29, 0.717) is 0 Å². The Kier molecular flexibility index (Phi) is 4.63. The second kappa shape index (κ2) is 6.90. The number of nitrogens with one attached hydrogen (secondary N) is 1. The lowest BCUT2D eigenvalue weighted by atomic mass is 9.70. The number of piperidine rings is 1. The fourth-order valence-electron chi connectivity index (χ4n) is 4.10. The molecule has 0 saturated carbocycles. The van der Waals surface area contributed by atoms with Gasteiger partial charge in [0.25, 0.3) is 0 Å². The number of anilines is 1. The van der Waals surface area contributed by atoms with E-state index in [-0.39, 0.29) is 11.5 Å². The first kappa shape index (κ1) is 16.8. The molecule has 25 heavy (non-hydrogen) atoms. The first-order chi connectivity index (χ1) is 12.2. The third-order valence-electron chi connectivity index (χ3n) is 5.49. The number of aromatic nitrogens is 2. The number of benzene rings is 1. The van der Waals surface area contributed by atoms with Crippen LogP contribution in [0, 0.1) is 0 Å². The molecule has 1 unspecified atom stereocenters. The molecule has 2 aromatic rings. The van der Waals surface area contributed by atoms with Crippen LogP contribution in [0.4, 0.5) is 5.95 Å². The van der Waals surface area contributed by atoms with Crippen LogP contribution in [0.25, 0.3) is 0 Å². The number of nitrogens with two attached hydrogens (primary N) is 1. The first-order valence-electron chi connectivity index (χ1n) is 8.99. The number of rotatable bonds is 3. The van der Waals surface area contributed by atoms with E-state index >= 15 is 0 Å². The summed E-state index contributed by atoms with van der Waals surface area (Å²) in [6, 6.07) is 10.4. The van der Waals surface area contributed by atoms with E-state index in [0.717, 1.165) is 62.1 Å². The zero-order chi connectivity index (χ0) is 17.3. The summed E-state index contributed by atoms with van der Waals surface area (Å²) < 4.78 is 0. The predicted molar refractivity (Wildman–Crippen MR) is 101 cm³/mol. The molecule has 132 valence electrons. The van der Waals surface area contributed by atoms with E-state index in [1.54, 1.807) is 0 Å². The Balaban J connectivity index is 1.77. The molecule has 0 radical (unpaired) electrons. The van der Waals surface area contributed by atoms with Crippen molar-refractivity contribution in [3.8, 4) is 0 Å². The van der Waals surface area contributed by atoms with Gasteiger partial charge in [-0.15, -0.1) is 0 Å². The van der Waals surface area contributed by atoms with Crippen LogP contribution in [-0.4, -0.2) is 42.2 Å². The minimum Gasteiger partial charge on any atom is -0.339 e. The van der Waals surface area contributed by atoms with Gasteiger partial charge in [0, 0.05) is 35.8 Å². The highest BCUT2D eigenvalue weighted by Crippen LogP contribution is 2.42. The maximum atomic E-state index is 6.59. The van der Waals surface area contributed by atoms with Crippen molar-refractivity contribution in [2.45, 2.75) is 30.7 Å². The van der Waals surface area contributed by atoms with Gasteiger partial charge in [-0.1, -0.05) is 29.8 Å². The van der Waals surface area contributed by atoms with Crippen molar-refractivity contribution in [1.29, 1.82) is 0 Å². The molecule has 3 N–H and O–H groups in total. The Hall–Kier alpha value is -1.69. The zero-order valence-electron chi connectivity index (χ0n) is 14.3. The van der Waals surface area contributed by atoms with Gasteiger partial charge in [0.1, 0.15) is 0 Å². The fourth-order valence-corrected chi connectivity index (χ4v) is 4.42. The Morgan fingerprint density at radius 1 is 1.20 bits per heavy atom. The Labute approximate surface area is 153 Å². The quantitative estimate of drug-likeness (QED) is 0.882. The Morgan fingerprint density at radius 2 is 2.00 bits per heavy atom. The summed E-state index contributed by atoms with van der Waals surface area (Å²) in [6.45, 7) is 3.66. The van der Waals surface area contributed by atoms with Gasteiger partial charge < -0.3 is 16.0 Å². The van der Waals surface area contributed by atoms with Gasteiger partial charge in [-0.25, -0.2) is 9.97 Å². The van der Waals surface area contributed by atoms with Crippen molar-refractivity contribution in [2.75, 3.05) is 31.1 Å². The zero-order valence-corrected chi connectivity index (χ0v) is 15.0. The molecule has 5 nitrogen and oxygen atoms in total. The van der Waals surface area contributed by atoms with Crippen molar-refractivity contribution in [3.05, 3.63) is 52.8 Å². The van der Waals surface area contributed by atoms with E-state index in [4.69, 9.17) is 22.3 Å². The van der Waals surface area contributed by atoms with Gasteiger partial charge in [-0.2, -0.15) is 0 Å². The van der Waals surface area contributed by atoms with Gasteiger partial charge >= 0.3 is 0 Å². The normalized spacial score (nSPS) is 23.0. The van der Waals surface area contributed by atoms with Crippen molar-refractivity contribution in [3.63, 3.8) is 0 Å².